The minimum Gasteiger partial charge on any atom is -0.469 e. The molecule has 0 saturated carbocycles. The molecule has 0 aliphatic carbocycles. The van der Waals surface area contributed by atoms with Crippen molar-refractivity contribution in [2.45, 2.75) is 12.5 Å². The Morgan fingerprint density at radius 3 is 2.42 bits per heavy atom. The number of non-ortho nitro benzene ring substituents is 1. The molecule has 2 aromatic rings. The fourth-order valence-corrected chi connectivity index (χ4v) is 2.92. The molecule has 0 aromatic heterocycles. The maximum Gasteiger partial charge on any atom is 0.311 e. The molecule has 0 bridgehead atoms. The van der Waals surface area contributed by atoms with E-state index in [1.165, 1.54) is 19.2 Å². The zero-order valence-electron chi connectivity index (χ0n) is 13.1. The van der Waals surface area contributed by atoms with Gasteiger partial charge in [0.15, 0.2) is 0 Å². The molecule has 24 heavy (non-hydrogen) atoms. The fraction of sp³-hybridized carbons (Fsp3) is 0.222. The average molecular weight is 324 g/mol. The molecular formula is C18H16N2O4. The third-order valence-corrected chi connectivity index (χ3v) is 4.15. The summed E-state index contributed by atoms with van der Waals surface area (Å²) < 4.78 is 4.91. The number of methoxy groups -OCH3 is 1. The molecule has 0 saturated heterocycles. The number of hydrogen-bond acceptors (Lipinski definition) is 5. The van der Waals surface area contributed by atoms with E-state index in [0.29, 0.717) is 6.42 Å². The molecule has 1 aliphatic rings. The molecule has 122 valence electrons. The number of carbonyl (C=O) groups is 1. The highest BCUT2D eigenvalue weighted by Gasteiger charge is 2.37. The molecule has 0 unspecified atom stereocenters. The Kier molecular flexibility index (Phi) is 4.37. The van der Waals surface area contributed by atoms with Gasteiger partial charge in [-0.15, -0.1) is 0 Å². The van der Waals surface area contributed by atoms with E-state index in [4.69, 9.17) is 9.73 Å². The zero-order valence-corrected chi connectivity index (χ0v) is 13.1. The lowest BCUT2D eigenvalue weighted by molar-refractivity contribution is -0.384. The summed E-state index contributed by atoms with van der Waals surface area (Å²) in [5, 5.41) is 10.8. The number of esters is 1. The molecule has 0 fully saturated rings. The van der Waals surface area contributed by atoms with Gasteiger partial charge in [0.25, 0.3) is 5.69 Å². The van der Waals surface area contributed by atoms with Gasteiger partial charge in [0.05, 0.1) is 24.0 Å². The summed E-state index contributed by atoms with van der Waals surface area (Å²) in [6.45, 7) is 0. The maximum absolute atomic E-state index is 12.1. The van der Waals surface area contributed by atoms with Crippen LogP contribution in [0, 0.1) is 16.0 Å². The van der Waals surface area contributed by atoms with E-state index >= 15 is 0 Å². The van der Waals surface area contributed by atoms with Crippen molar-refractivity contribution < 1.29 is 14.5 Å². The zero-order chi connectivity index (χ0) is 17.1. The molecule has 1 aliphatic heterocycles. The number of ether oxygens (including phenoxy) is 1. The lowest BCUT2D eigenvalue weighted by atomic mass is 9.91. The lowest BCUT2D eigenvalue weighted by Crippen LogP contribution is -2.20. The van der Waals surface area contributed by atoms with Gasteiger partial charge < -0.3 is 4.74 Å². The van der Waals surface area contributed by atoms with E-state index in [0.717, 1.165) is 16.8 Å². The van der Waals surface area contributed by atoms with Gasteiger partial charge in [-0.3, -0.25) is 19.9 Å². The van der Waals surface area contributed by atoms with Crippen molar-refractivity contribution in [3.63, 3.8) is 0 Å². The first-order chi connectivity index (χ1) is 11.6. The first-order valence-corrected chi connectivity index (χ1v) is 7.54. The molecular weight excluding hydrogens is 308 g/mol. The minimum atomic E-state index is -0.450. The highest BCUT2D eigenvalue weighted by atomic mass is 16.6. The summed E-state index contributed by atoms with van der Waals surface area (Å²) in [6, 6.07) is 15.4. The molecule has 0 N–H and O–H groups in total. The van der Waals surface area contributed by atoms with E-state index in [1.54, 1.807) is 12.1 Å². The highest BCUT2D eigenvalue weighted by molar-refractivity contribution is 6.04. The number of nitro benzene ring substituents is 1. The summed E-state index contributed by atoms with van der Waals surface area (Å²) in [7, 11) is 1.36. The van der Waals surface area contributed by atoms with Gasteiger partial charge in [0, 0.05) is 24.3 Å². The summed E-state index contributed by atoms with van der Waals surface area (Å²) >= 11 is 0. The third kappa shape index (κ3) is 3.03. The Labute approximate surface area is 138 Å². The quantitative estimate of drug-likeness (QED) is 0.491. The lowest BCUT2D eigenvalue weighted by Gasteiger charge is -2.15. The molecule has 2 atom stereocenters. The van der Waals surface area contributed by atoms with Crippen LogP contribution in [0.3, 0.4) is 0 Å². The second-order valence-corrected chi connectivity index (χ2v) is 5.57. The van der Waals surface area contributed by atoms with Crippen LogP contribution in [0.1, 0.15) is 23.6 Å². The van der Waals surface area contributed by atoms with Crippen molar-refractivity contribution in [2.75, 3.05) is 7.11 Å². The summed E-state index contributed by atoms with van der Waals surface area (Å²) in [4.78, 5) is 27.2. The van der Waals surface area contributed by atoms with Crippen molar-refractivity contribution in [2.24, 2.45) is 10.9 Å². The van der Waals surface area contributed by atoms with Crippen LogP contribution in [0.5, 0.6) is 0 Å². The van der Waals surface area contributed by atoms with Gasteiger partial charge in [-0.2, -0.15) is 0 Å². The van der Waals surface area contributed by atoms with Gasteiger partial charge >= 0.3 is 5.97 Å². The number of carbonyl (C=O) groups excluding carboxylic acids is 1. The van der Waals surface area contributed by atoms with E-state index in [-0.39, 0.29) is 11.7 Å². The molecule has 0 amide bonds. The summed E-state index contributed by atoms with van der Waals surface area (Å²) in [5.41, 5.74) is 2.59. The van der Waals surface area contributed by atoms with E-state index in [1.807, 2.05) is 30.3 Å². The molecule has 6 heteroatoms. The number of nitrogens with zero attached hydrogens (tertiary/aromatic N) is 2. The molecule has 1 heterocycles. The highest BCUT2D eigenvalue weighted by Crippen LogP contribution is 2.37. The number of hydrogen-bond donors (Lipinski definition) is 0. The Hall–Kier alpha value is -3.02. The topological polar surface area (TPSA) is 81.8 Å². The Bertz CT molecular complexity index is 784. The van der Waals surface area contributed by atoms with Gasteiger partial charge in [-0.05, 0) is 11.1 Å². The van der Waals surface area contributed by atoms with Crippen LogP contribution in [0.15, 0.2) is 59.6 Å². The second-order valence-electron chi connectivity index (χ2n) is 5.57. The molecule has 6 nitrogen and oxygen atoms in total. The van der Waals surface area contributed by atoms with Crippen LogP contribution in [0.4, 0.5) is 5.69 Å². The van der Waals surface area contributed by atoms with Crippen LogP contribution in [0.2, 0.25) is 0 Å². The molecule has 0 radical (unpaired) electrons. The predicted octanol–water partition coefficient (Wildman–Crippen LogP) is 3.32. The van der Waals surface area contributed by atoms with Crippen molar-refractivity contribution in [1.82, 2.24) is 0 Å². The number of rotatable bonds is 4. The van der Waals surface area contributed by atoms with Crippen molar-refractivity contribution in [3.8, 4) is 0 Å². The summed E-state index contributed by atoms with van der Waals surface area (Å²) in [6.07, 6.45) is 0.484. The summed E-state index contributed by atoms with van der Waals surface area (Å²) in [5.74, 6) is -0.750. The standard InChI is InChI=1S/C18H16N2O4/c1-24-18(21)15-11-16(12-5-3-2-4-6-12)19-17(15)13-7-9-14(10-8-13)20(22)23/h2-10,15,17H,11H2,1H3/t15-,17+/m0/s1. The fourth-order valence-electron chi connectivity index (χ4n) is 2.92. The molecule has 0 spiro atoms. The SMILES string of the molecule is COC(=O)[C@H]1CC(c2ccccc2)=N[C@@H]1c1ccc([N+](=O)[O-])cc1. The van der Waals surface area contributed by atoms with Gasteiger partial charge in [-0.1, -0.05) is 42.5 Å². The maximum atomic E-state index is 12.1. The Morgan fingerprint density at radius 1 is 1.17 bits per heavy atom. The van der Waals surface area contributed by atoms with Crippen molar-refractivity contribution >= 4 is 17.4 Å². The van der Waals surface area contributed by atoms with Gasteiger partial charge in [0.1, 0.15) is 0 Å². The number of aliphatic imine (C=N–C) groups is 1. The van der Waals surface area contributed by atoms with E-state index in [9.17, 15) is 14.9 Å². The predicted molar refractivity (Wildman–Crippen MR) is 88.9 cm³/mol. The smallest absolute Gasteiger partial charge is 0.311 e. The van der Waals surface area contributed by atoms with E-state index in [2.05, 4.69) is 0 Å². The van der Waals surface area contributed by atoms with Crippen molar-refractivity contribution in [3.05, 3.63) is 75.8 Å². The van der Waals surface area contributed by atoms with Crippen LogP contribution in [-0.2, 0) is 9.53 Å². The minimum absolute atomic E-state index is 0.0126. The van der Waals surface area contributed by atoms with Crippen LogP contribution < -0.4 is 0 Å². The van der Waals surface area contributed by atoms with Gasteiger partial charge in [0.2, 0.25) is 0 Å². The van der Waals surface area contributed by atoms with Crippen LogP contribution in [0.25, 0.3) is 0 Å². The molecule has 2 aromatic carbocycles. The van der Waals surface area contributed by atoms with Crippen molar-refractivity contribution in [1.29, 1.82) is 0 Å². The Morgan fingerprint density at radius 2 is 1.83 bits per heavy atom. The van der Waals surface area contributed by atoms with Crippen LogP contribution in [-0.4, -0.2) is 23.7 Å². The largest absolute Gasteiger partial charge is 0.469 e. The number of benzene rings is 2. The van der Waals surface area contributed by atoms with Gasteiger partial charge in [-0.25, -0.2) is 0 Å². The second kappa shape index (κ2) is 6.62. The number of nitro groups is 1. The Balaban J connectivity index is 1.96. The van der Waals surface area contributed by atoms with Crippen LogP contribution >= 0.6 is 0 Å². The average Bonchev–Trinajstić information content (AvgIpc) is 3.07. The first kappa shape index (κ1) is 15.9. The first-order valence-electron chi connectivity index (χ1n) is 7.54. The molecule has 3 rings (SSSR count). The monoisotopic (exact) mass is 324 g/mol. The van der Waals surface area contributed by atoms with E-state index < -0.39 is 16.9 Å². The third-order valence-electron chi connectivity index (χ3n) is 4.15. The normalized spacial score (nSPS) is 19.6.